The van der Waals surface area contributed by atoms with Crippen LogP contribution in [-0.2, 0) is 22.6 Å². The van der Waals surface area contributed by atoms with Gasteiger partial charge in [-0.25, -0.2) is 19.1 Å². The lowest BCUT2D eigenvalue weighted by Crippen LogP contribution is -2.27. The number of hydrogen-bond acceptors (Lipinski definition) is 8. The van der Waals surface area contributed by atoms with E-state index in [2.05, 4.69) is 20.1 Å². The minimum Gasteiger partial charge on any atom is -0.464 e. The number of rotatable bonds is 6. The topological polar surface area (TPSA) is 123 Å². The number of carbonyl (C=O) groups excluding carboxylic acids is 2. The van der Waals surface area contributed by atoms with E-state index in [1.54, 1.807) is 19.1 Å². The molecule has 11 heteroatoms. The van der Waals surface area contributed by atoms with Gasteiger partial charge in [0.1, 0.15) is 5.82 Å². The number of ether oxygens (including phenoxy) is 2. The van der Waals surface area contributed by atoms with Crippen molar-refractivity contribution in [2.45, 2.75) is 20.0 Å². The molecule has 3 rings (SSSR count). The van der Waals surface area contributed by atoms with Gasteiger partial charge in [-0.05, 0) is 19.1 Å². The molecule has 3 aromatic rings. The van der Waals surface area contributed by atoms with Crippen LogP contribution in [0.25, 0.3) is 5.69 Å². The van der Waals surface area contributed by atoms with Crippen LogP contribution in [-0.4, -0.2) is 55.5 Å². The van der Waals surface area contributed by atoms with Crippen molar-refractivity contribution < 1.29 is 19.1 Å². The molecule has 0 radical (unpaired) electrons. The van der Waals surface area contributed by atoms with Gasteiger partial charge in [0.25, 0.3) is 0 Å². The van der Waals surface area contributed by atoms with Gasteiger partial charge in [0.2, 0.25) is 5.69 Å². The summed E-state index contributed by atoms with van der Waals surface area (Å²) in [4.78, 5) is 36.5. The van der Waals surface area contributed by atoms with E-state index in [1.165, 1.54) is 28.2 Å². The summed E-state index contributed by atoms with van der Waals surface area (Å²) >= 11 is 0. The average molecular weight is 386 g/mol. The molecule has 0 fully saturated rings. The molecule has 0 saturated carbocycles. The Morgan fingerprint density at radius 2 is 1.71 bits per heavy atom. The summed E-state index contributed by atoms with van der Waals surface area (Å²) in [6.07, 6.45) is 0. The molecule has 1 aromatic carbocycles. The van der Waals surface area contributed by atoms with E-state index < -0.39 is 11.9 Å². The molecule has 0 aliphatic carbocycles. The van der Waals surface area contributed by atoms with Crippen molar-refractivity contribution in [3.63, 3.8) is 0 Å². The van der Waals surface area contributed by atoms with Gasteiger partial charge in [-0.15, -0.1) is 5.10 Å². The molecule has 0 aliphatic heterocycles. The first-order valence-corrected chi connectivity index (χ1v) is 8.30. The third kappa shape index (κ3) is 3.41. The van der Waals surface area contributed by atoms with E-state index in [-0.39, 0.29) is 30.2 Å². The number of carbonyl (C=O) groups is 2. The number of benzene rings is 1. The maximum atomic E-state index is 12.7. The lowest BCUT2D eigenvalue weighted by molar-refractivity contribution is 0.0543. The standard InChI is InChI=1S/C17H18N6O5/c1-11-19-23(12-7-5-4-6-8-12)17(26)21(11)9-10-22-14(16(25)28-3)13(18-20-22)15(24)27-2/h4-8H,9-10H2,1-3H3. The lowest BCUT2D eigenvalue weighted by Gasteiger charge is -2.06. The fourth-order valence-corrected chi connectivity index (χ4v) is 2.69. The predicted molar refractivity (Wildman–Crippen MR) is 95.3 cm³/mol. The lowest BCUT2D eigenvalue weighted by atomic mass is 10.3. The highest BCUT2D eigenvalue weighted by molar-refractivity contribution is 6.00. The molecule has 0 unspecified atom stereocenters. The zero-order chi connectivity index (χ0) is 20.3. The number of aryl methyl sites for hydroxylation is 2. The Bertz CT molecular complexity index is 1070. The number of aromatic nitrogens is 6. The monoisotopic (exact) mass is 386 g/mol. The van der Waals surface area contributed by atoms with E-state index in [4.69, 9.17) is 4.74 Å². The quantitative estimate of drug-likeness (QED) is 0.551. The first kappa shape index (κ1) is 19.0. The van der Waals surface area contributed by atoms with E-state index in [9.17, 15) is 14.4 Å². The van der Waals surface area contributed by atoms with E-state index in [1.807, 2.05) is 18.2 Å². The Balaban J connectivity index is 1.90. The highest BCUT2D eigenvalue weighted by Gasteiger charge is 2.27. The fourth-order valence-electron chi connectivity index (χ4n) is 2.69. The van der Waals surface area contributed by atoms with Crippen molar-refractivity contribution in [1.82, 2.24) is 29.3 Å². The highest BCUT2D eigenvalue weighted by Crippen LogP contribution is 2.10. The molecule has 0 spiro atoms. The molecule has 2 heterocycles. The molecular formula is C17H18N6O5. The van der Waals surface area contributed by atoms with Crippen molar-refractivity contribution in [2.75, 3.05) is 14.2 Å². The van der Waals surface area contributed by atoms with Gasteiger partial charge in [0, 0.05) is 6.54 Å². The van der Waals surface area contributed by atoms with Crippen LogP contribution in [0.4, 0.5) is 0 Å². The Labute approximate surface area is 159 Å². The highest BCUT2D eigenvalue weighted by atomic mass is 16.5. The van der Waals surface area contributed by atoms with Crippen LogP contribution in [0.15, 0.2) is 35.1 Å². The summed E-state index contributed by atoms with van der Waals surface area (Å²) in [6, 6.07) is 9.00. The minimum absolute atomic E-state index is 0.0929. The molecular weight excluding hydrogens is 368 g/mol. The number of hydrogen-bond donors (Lipinski definition) is 0. The summed E-state index contributed by atoms with van der Waals surface area (Å²) in [5.74, 6) is -1.10. The van der Waals surface area contributed by atoms with Crippen LogP contribution >= 0.6 is 0 Å². The normalized spacial score (nSPS) is 10.7. The second kappa shape index (κ2) is 7.86. The van der Waals surface area contributed by atoms with Crippen molar-refractivity contribution in [2.24, 2.45) is 0 Å². The molecule has 0 N–H and O–H groups in total. The summed E-state index contributed by atoms with van der Waals surface area (Å²) in [5, 5.41) is 11.8. The van der Waals surface area contributed by atoms with Crippen LogP contribution in [0.1, 0.15) is 26.8 Å². The number of esters is 2. The minimum atomic E-state index is -0.808. The second-order valence-corrected chi connectivity index (χ2v) is 5.72. The molecule has 0 atom stereocenters. The van der Waals surface area contributed by atoms with Gasteiger partial charge in [0.05, 0.1) is 26.5 Å². The van der Waals surface area contributed by atoms with Crippen LogP contribution in [0, 0.1) is 6.92 Å². The molecule has 0 amide bonds. The summed E-state index contributed by atoms with van der Waals surface area (Å²) in [7, 11) is 2.35. The average Bonchev–Trinajstić information content (AvgIpc) is 3.26. The molecule has 0 bridgehead atoms. The Morgan fingerprint density at radius 1 is 1.04 bits per heavy atom. The predicted octanol–water partition coefficient (Wildman–Crippen LogP) is 0.207. The van der Waals surface area contributed by atoms with E-state index in [0.29, 0.717) is 11.5 Å². The Morgan fingerprint density at radius 3 is 2.36 bits per heavy atom. The van der Waals surface area contributed by atoms with Crippen molar-refractivity contribution in [3.8, 4) is 5.69 Å². The van der Waals surface area contributed by atoms with Gasteiger partial charge in [0.15, 0.2) is 5.69 Å². The van der Waals surface area contributed by atoms with Gasteiger partial charge >= 0.3 is 17.6 Å². The first-order valence-electron chi connectivity index (χ1n) is 8.30. The smallest absolute Gasteiger partial charge is 0.361 e. The van der Waals surface area contributed by atoms with Gasteiger partial charge in [-0.1, -0.05) is 23.4 Å². The SMILES string of the molecule is COC(=O)c1nnn(CCn2c(C)nn(-c3ccccc3)c2=O)c1C(=O)OC. The summed E-state index contributed by atoms with van der Waals surface area (Å²) < 4.78 is 13.2. The van der Waals surface area contributed by atoms with Gasteiger partial charge in [-0.3, -0.25) is 4.57 Å². The summed E-state index contributed by atoms with van der Waals surface area (Å²) in [5.41, 5.74) is -0.0936. The Hall–Kier alpha value is -3.76. The van der Waals surface area contributed by atoms with E-state index in [0.717, 1.165) is 0 Å². The van der Waals surface area contributed by atoms with Crippen LogP contribution in [0.2, 0.25) is 0 Å². The van der Waals surface area contributed by atoms with Crippen LogP contribution in [0.3, 0.4) is 0 Å². The molecule has 28 heavy (non-hydrogen) atoms. The van der Waals surface area contributed by atoms with Gasteiger partial charge < -0.3 is 9.47 Å². The second-order valence-electron chi connectivity index (χ2n) is 5.72. The Kier molecular flexibility index (Phi) is 5.34. The molecule has 146 valence electrons. The zero-order valence-corrected chi connectivity index (χ0v) is 15.5. The maximum absolute atomic E-state index is 12.7. The van der Waals surface area contributed by atoms with Crippen molar-refractivity contribution in [3.05, 3.63) is 58.0 Å². The fraction of sp³-hybridized carbons (Fsp3) is 0.294. The van der Waals surface area contributed by atoms with E-state index >= 15 is 0 Å². The number of nitrogens with zero attached hydrogens (tertiary/aromatic N) is 6. The van der Waals surface area contributed by atoms with Crippen molar-refractivity contribution in [1.29, 1.82) is 0 Å². The first-order chi connectivity index (χ1) is 13.5. The third-order valence-electron chi connectivity index (χ3n) is 4.08. The van der Waals surface area contributed by atoms with Crippen LogP contribution in [0.5, 0.6) is 0 Å². The maximum Gasteiger partial charge on any atom is 0.361 e. The zero-order valence-electron chi connectivity index (χ0n) is 15.5. The summed E-state index contributed by atoms with van der Waals surface area (Å²) in [6.45, 7) is 1.95. The molecule has 2 aromatic heterocycles. The van der Waals surface area contributed by atoms with Gasteiger partial charge in [-0.2, -0.15) is 9.78 Å². The van der Waals surface area contributed by atoms with Crippen LogP contribution < -0.4 is 5.69 Å². The van der Waals surface area contributed by atoms with Crippen molar-refractivity contribution >= 4 is 11.9 Å². The number of para-hydroxylation sites is 1. The molecule has 0 saturated heterocycles. The molecule has 0 aliphatic rings. The third-order valence-corrected chi connectivity index (χ3v) is 4.08. The molecule has 11 nitrogen and oxygen atoms in total. The largest absolute Gasteiger partial charge is 0.464 e. The number of methoxy groups -OCH3 is 2.